The lowest BCUT2D eigenvalue weighted by Crippen LogP contribution is -2.51. The summed E-state index contributed by atoms with van der Waals surface area (Å²) in [5, 5.41) is 6.89. The molecule has 0 aliphatic carbocycles. The van der Waals surface area contributed by atoms with Crippen LogP contribution < -0.4 is 21.5 Å². The Kier molecular flexibility index (Phi) is 6.52. The van der Waals surface area contributed by atoms with Gasteiger partial charge in [0.2, 0.25) is 0 Å². The molecule has 0 radical (unpaired) electrons. The highest BCUT2D eigenvalue weighted by molar-refractivity contribution is 7.80. The molecule has 76 valence electrons. The van der Waals surface area contributed by atoms with E-state index in [9.17, 15) is 0 Å². The van der Waals surface area contributed by atoms with Crippen LogP contribution in [-0.4, -0.2) is 23.3 Å². The van der Waals surface area contributed by atoms with Crippen molar-refractivity contribution in [1.82, 2.24) is 21.5 Å². The van der Waals surface area contributed by atoms with Gasteiger partial charge in [-0.2, -0.15) is 0 Å². The molecule has 0 aromatic heterocycles. The van der Waals surface area contributed by atoms with Crippen molar-refractivity contribution in [3.63, 3.8) is 0 Å². The highest BCUT2D eigenvalue weighted by Crippen LogP contribution is 1.86. The number of rotatable bonds is 2. The van der Waals surface area contributed by atoms with Crippen LogP contribution in [0.1, 0.15) is 20.3 Å². The van der Waals surface area contributed by atoms with E-state index in [0.29, 0.717) is 16.3 Å². The predicted octanol–water partition coefficient (Wildman–Crippen LogP) is 0.258. The highest BCUT2D eigenvalue weighted by Gasteiger charge is 2.00. The molecule has 0 rings (SSSR count). The third-order valence-electron chi connectivity index (χ3n) is 1.51. The minimum Gasteiger partial charge on any atom is -0.364 e. The summed E-state index contributed by atoms with van der Waals surface area (Å²) in [6, 6.07) is 0.366. The van der Waals surface area contributed by atoms with E-state index in [2.05, 4.69) is 35.3 Å². The molecule has 0 saturated heterocycles. The molecular formula is C7H16N4S2. The maximum Gasteiger partial charge on any atom is 0.185 e. The molecule has 1 unspecified atom stereocenters. The average Bonchev–Trinajstić information content (AvgIpc) is 2.13. The fourth-order valence-electron chi connectivity index (χ4n) is 0.538. The maximum atomic E-state index is 4.99. The zero-order valence-electron chi connectivity index (χ0n) is 8.10. The van der Waals surface area contributed by atoms with Gasteiger partial charge in [0, 0.05) is 13.1 Å². The van der Waals surface area contributed by atoms with E-state index in [4.69, 9.17) is 24.4 Å². The quantitative estimate of drug-likeness (QED) is 0.396. The SMILES string of the molecule is CCC(C)NC(=S)NNC(=S)NC. The first-order chi connectivity index (χ1) is 6.10. The van der Waals surface area contributed by atoms with Gasteiger partial charge < -0.3 is 10.6 Å². The van der Waals surface area contributed by atoms with E-state index in [0.717, 1.165) is 6.42 Å². The third-order valence-corrected chi connectivity index (χ3v) is 2.03. The first kappa shape index (κ1) is 12.4. The summed E-state index contributed by atoms with van der Waals surface area (Å²) in [6.07, 6.45) is 1.03. The normalized spacial score (nSPS) is 11.3. The van der Waals surface area contributed by atoms with Gasteiger partial charge in [-0.15, -0.1) is 0 Å². The molecule has 0 heterocycles. The maximum absolute atomic E-state index is 4.99. The van der Waals surface area contributed by atoms with Crippen molar-refractivity contribution < 1.29 is 0 Å². The van der Waals surface area contributed by atoms with E-state index >= 15 is 0 Å². The van der Waals surface area contributed by atoms with Gasteiger partial charge in [0.05, 0.1) is 0 Å². The van der Waals surface area contributed by atoms with Gasteiger partial charge in [-0.3, -0.25) is 10.9 Å². The smallest absolute Gasteiger partial charge is 0.185 e. The van der Waals surface area contributed by atoms with Gasteiger partial charge in [-0.25, -0.2) is 0 Å². The topological polar surface area (TPSA) is 48.1 Å². The van der Waals surface area contributed by atoms with Gasteiger partial charge in [-0.1, -0.05) is 6.92 Å². The van der Waals surface area contributed by atoms with Gasteiger partial charge in [-0.05, 0) is 37.8 Å². The molecule has 13 heavy (non-hydrogen) atoms. The van der Waals surface area contributed by atoms with E-state index in [-0.39, 0.29) is 0 Å². The molecule has 0 aliphatic heterocycles. The molecule has 0 fully saturated rings. The summed E-state index contributed by atoms with van der Waals surface area (Å²) in [5.41, 5.74) is 5.49. The lowest BCUT2D eigenvalue weighted by molar-refractivity contribution is 0.628. The molecule has 1 atom stereocenters. The molecule has 4 N–H and O–H groups in total. The summed E-state index contributed by atoms with van der Waals surface area (Å²) < 4.78 is 0. The zero-order chi connectivity index (χ0) is 10.3. The number of nitrogens with one attached hydrogen (secondary N) is 4. The van der Waals surface area contributed by atoms with Crippen LogP contribution in [0.5, 0.6) is 0 Å². The van der Waals surface area contributed by atoms with E-state index in [1.807, 2.05) is 0 Å². The Bertz CT molecular complexity index is 183. The Morgan fingerprint density at radius 1 is 1.23 bits per heavy atom. The second kappa shape index (κ2) is 6.85. The van der Waals surface area contributed by atoms with Gasteiger partial charge in [0.15, 0.2) is 10.2 Å². The van der Waals surface area contributed by atoms with Crippen LogP contribution in [0.3, 0.4) is 0 Å². The lowest BCUT2D eigenvalue weighted by Gasteiger charge is -2.16. The van der Waals surface area contributed by atoms with Crippen molar-refractivity contribution in [3.05, 3.63) is 0 Å². The molecule has 0 amide bonds. The predicted molar refractivity (Wildman–Crippen MR) is 63.4 cm³/mol. The Labute approximate surface area is 89.8 Å². The monoisotopic (exact) mass is 220 g/mol. The Morgan fingerprint density at radius 3 is 2.23 bits per heavy atom. The fourth-order valence-corrected chi connectivity index (χ4v) is 0.841. The second-order valence-electron chi connectivity index (χ2n) is 2.61. The van der Waals surface area contributed by atoms with Gasteiger partial charge in [0.1, 0.15) is 0 Å². The zero-order valence-corrected chi connectivity index (χ0v) is 9.73. The molecule has 0 aromatic rings. The van der Waals surface area contributed by atoms with Crippen molar-refractivity contribution in [3.8, 4) is 0 Å². The summed E-state index contributed by atoms with van der Waals surface area (Å²) in [7, 11) is 1.74. The molecule has 6 heteroatoms. The fraction of sp³-hybridized carbons (Fsp3) is 0.714. The molecule has 0 aliphatic rings. The third kappa shape index (κ3) is 6.53. The number of hydrogen-bond donors (Lipinski definition) is 4. The Balaban J connectivity index is 3.57. The van der Waals surface area contributed by atoms with Gasteiger partial charge >= 0.3 is 0 Å². The molecular weight excluding hydrogens is 204 g/mol. The van der Waals surface area contributed by atoms with Gasteiger partial charge in [0.25, 0.3) is 0 Å². The van der Waals surface area contributed by atoms with Crippen LogP contribution in [0.2, 0.25) is 0 Å². The van der Waals surface area contributed by atoms with Crippen molar-refractivity contribution in [2.45, 2.75) is 26.3 Å². The second-order valence-corrected chi connectivity index (χ2v) is 3.43. The standard InChI is InChI=1S/C7H16N4S2/c1-4-5(2)9-7(13)11-10-6(12)8-3/h5H,4H2,1-3H3,(H2,8,10,12)(H2,9,11,13). The molecule has 0 aromatic carbocycles. The first-order valence-electron chi connectivity index (χ1n) is 4.14. The van der Waals surface area contributed by atoms with Crippen molar-refractivity contribution in [1.29, 1.82) is 0 Å². The summed E-state index contributed by atoms with van der Waals surface area (Å²) in [5.74, 6) is 0. The molecule has 0 bridgehead atoms. The van der Waals surface area contributed by atoms with Crippen molar-refractivity contribution in [2.24, 2.45) is 0 Å². The molecule has 4 nitrogen and oxygen atoms in total. The van der Waals surface area contributed by atoms with E-state index in [1.165, 1.54) is 0 Å². The molecule has 0 saturated carbocycles. The Hall–Kier alpha value is -0.620. The summed E-state index contributed by atoms with van der Waals surface area (Å²) in [6.45, 7) is 4.15. The van der Waals surface area contributed by atoms with E-state index in [1.54, 1.807) is 7.05 Å². The van der Waals surface area contributed by atoms with Crippen LogP contribution in [-0.2, 0) is 0 Å². The van der Waals surface area contributed by atoms with Crippen LogP contribution in [0.4, 0.5) is 0 Å². The highest BCUT2D eigenvalue weighted by atomic mass is 32.1. The number of hydrazine groups is 1. The van der Waals surface area contributed by atoms with Crippen molar-refractivity contribution >= 4 is 34.7 Å². The Morgan fingerprint density at radius 2 is 1.77 bits per heavy atom. The number of thiocarbonyl (C=S) groups is 2. The average molecular weight is 220 g/mol. The van der Waals surface area contributed by atoms with E-state index < -0.39 is 0 Å². The van der Waals surface area contributed by atoms with Crippen LogP contribution in [0.25, 0.3) is 0 Å². The lowest BCUT2D eigenvalue weighted by atomic mass is 10.3. The van der Waals surface area contributed by atoms with Crippen LogP contribution in [0.15, 0.2) is 0 Å². The van der Waals surface area contributed by atoms with Crippen molar-refractivity contribution in [2.75, 3.05) is 7.05 Å². The van der Waals surface area contributed by atoms with Crippen LogP contribution in [0, 0.1) is 0 Å². The minimum atomic E-state index is 0.366. The minimum absolute atomic E-state index is 0.366. The first-order valence-corrected chi connectivity index (χ1v) is 4.96. The summed E-state index contributed by atoms with van der Waals surface area (Å²) in [4.78, 5) is 0. The summed E-state index contributed by atoms with van der Waals surface area (Å²) >= 11 is 9.83. The molecule has 0 spiro atoms. The number of hydrogen-bond acceptors (Lipinski definition) is 2. The largest absolute Gasteiger partial charge is 0.364 e. The van der Waals surface area contributed by atoms with Crippen LogP contribution >= 0.6 is 24.4 Å².